The third kappa shape index (κ3) is 3.63. The fourth-order valence-electron chi connectivity index (χ4n) is 1.30. The summed E-state index contributed by atoms with van der Waals surface area (Å²) in [5.41, 5.74) is 1.40. The first-order valence-corrected chi connectivity index (χ1v) is 6.13. The lowest BCUT2D eigenvalue weighted by Gasteiger charge is -2.09. The Bertz CT molecular complexity index is 369. The van der Waals surface area contributed by atoms with Gasteiger partial charge in [0, 0.05) is 0 Å². The van der Waals surface area contributed by atoms with Crippen molar-refractivity contribution in [2.24, 2.45) is 0 Å². The predicted molar refractivity (Wildman–Crippen MR) is 60.9 cm³/mol. The molecule has 2 nitrogen and oxygen atoms in total. The number of rotatable bonds is 2. The van der Waals surface area contributed by atoms with Crippen molar-refractivity contribution in [3.05, 3.63) is 29.1 Å². The number of aryl methyl sites for hydroxylation is 1. The van der Waals surface area contributed by atoms with Crippen LogP contribution in [0.25, 0.3) is 0 Å². The molecule has 4 heteroatoms. The Labute approximate surface area is 92.5 Å². The number of hydrogen-bond acceptors (Lipinski definition) is 3. The molecule has 86 valence electrons. The van der Waals surface area contributed by atoms with Gasteiger partial charge in [0.2, 0.25) is 0 Å². The van der Waals surface area contributed by atoms with Crippen molar-refractivity contribution in [3.63, 3.8) is 0 Å². The minimum atomic E-state index is -1.85. The first-order chi connectivity index (χ1) is 7.06. The largest absolute Gasteiger partial charge is 0.440 e. The minimum Gasteiger partial charge on any atom is -0.440 e. The van der Waals surface area contributed by atoms with E-state index < -0.39 is 10.6 Å². The molecule has 1 N–H and O–H groups in total. The van der Waals surface area contributed by atoms with Gasteiger partial charge in [0.15, 0.2) is 0 Å². The molecular weight excluding hydrogens is 213 g/mol. The van der Waals surface area contributed by atoms with Crippen LogP contribution in [0.5, 0.6) is 0 Å². The van der Waals surface area contributed by atoms with Gasteiger partial charge in [-0.05, 0) is 30.5 Å². The predicted octanol–water partition coefficient (Wildman–Crippen LogP) is 3.81. The molecule has 15 heavy (non-hydrogen) atoms. The highest BCUT2D eigenvalue weighted by Gasteiger charge is 2.03. The van der Waals surface area contributed by atoms with Crippen molar-refractivity contribution in [2.75, 3.05) is 0 Å². The van der Waals surface area contributed by atoms with Gasteiger partial charge in [0.25, 0.3) is 0 Å². The molecule has 1 aromatic rings. The van der Waals surface area contributed by atoms with Crippen molar-refractivity contribution in [1.29, 1.82) is 4.78 Å². The Morgan fingerprint density at radius 2 is 1.93 bits per heavy atom. The summed E-state index contributed by atoms with van der Waals surface area (Å²) >= 11 is 0. The summed E-state index contributed by atoms with van der Waals surface area (Å²) in [6, 6.07) is 2.78. The number of hydrogen-bond donors (Lipinski definition) is 1. The highest BCUT2D eigenvalue weighted by Crippen LogP contribution is 2.17. The van der Waals surface area contributed by atoms with E-state index in [-0.39, 0.29) is 10.7 Å². The van der Waals surface area contributed by atoms with E-state index in [1.54, 1.807) is 13.0 Å². The minimum absolute atomic E-state index is 0.229. The lowest BCUT2D eigenvalue weighted by atomic mass is 10.1. The van der Waals surface area contributed by atoms with E-state index >= 15 is 0 Å². The first kappa shape index (κ1) is 14.1. The second-order valence-corrected chi connectivity index (χ2v) is 3.83. The fourth-order valence-corrected chi connectivity index (χ4v) is 1.79. The molecule has 0 saturated carbocycles. The Morgan fingerprint density at radius 1 is 1.40 bits per heavy atom. The van der Waals surface area contributed by atoms with Gasteiger partial charge in [-0.25, -0.2) is 4.39 Å². The molecule has 1 rings (SSSR count). The molecule has 1 aromatic carbocycles. The van der Waals surface area contributed by atoms with Crippen LogP contribution in [0, 0.1) is 17.5 Å². The summed E-state index contributed by atoms with van der Waals surface area (Å²) < 4.78 is 31.0. The van der Waals surface area contributed by atoms with Crippen LogP contribution in [0.2, 0.25) is 0 Å². The van der Waals surface area contributed by atoms with E-state index in [9.17, 15) is 8.60 Å². The normalized spacial score (nSPS) is 9.73. The van der Waals surface area contributed by atoms with Crippen LogP contribution in [-0.2, 0) is 21.2 Å². The lowest BCUT2D eigenvalue weighted by Crippen LogP contribution is -1.94. The van der Waals surface area contributed by atoms with Gasteiger partial charge >= 0.3 is 0 Å². The lowest BCUT2D eigenvalue weighted by molar-refractivity contribution is 0.592. The molecule has 0 spiro atoms. The van der Waals surface area contributed by atoms with E-state index in [0.29, 0.717) is 12.0 Å². The third-order valence-corrected chi connectivity index (χ3v) is 2.62. The SMILES string of the molecule is CC.CCc1c(C)cc([S-](=N)=O)cc1F. The van der Waals surface area contributed by atoms with Gasteiger partial charge < -0.3 is 8.99 Å². The molecule has 0 fully saturated rings. The Balaban J connectivity index is 0.000000921. The van der Waals surface area contributed by atoms with Crippen LogP contribution in [0.4, 0.5) is 4.39 Å². The molecule has 0 aromatic heterocycles. The molecule has 0 amide bonds. The standard InChI is InChI=1S/C9H11FNOS.C2H6/c1-3-8-6(2)4-7(13(11)12)5-9(8)10;1-2/h4-5,11H,3H2,1-2H3;1-2H3/q-1;. The second kappa shape index (κ2) is 6.56. The van der Waals surface area contributed by atoms with Crippen LogP contribution in [0.15, 0.2) is 17.0 Å². The molecule has 0 aliphatic rings. The zero-order valence-electron chi connectivity index (χ0n) is 9.56. The zero-order chi connectivity index (χ0) is 12.0. The maximum atomic E-state index is 13.3. The van der Waals surface area contributed by atoms with Crippen molar-refractivity contribution < 1.29 is 8.60 Å². The van der Waals surface area contributed by atoms with E-state index in [1.807, 2.05) is 20.8 Å². The third-order valence-electron chi connectivity index (χ3n) is 1.96. The highest BCUT2D eigenvalue weighted by molar-refractivity contribution is 7.73. The van der Waals surface area contributed by atoms with Crippen LogP contribution < -0.4 is 0 Å². The summed E-state index contributed by atoms with van der Waals surface area (Å²) in [7, 11) is -1.85. The quantitative estimate of drug-likeness (QED) is 0.771. The summed E-state index contributed by atoms with van der Waals surface area (Å²) in [5, 5.41) is 0. The monoisotopic (exact) mass is 230 g/mol. The fraction of sp³-hybridized carbons (Fsp3) is 0.455. The van der Waals surface area contributed by atoms with Gasteiger partial charge in [-0.3, -0.25) is 0 Å². The van der Waals surface area contributed by atoms with E-state index in [0.717, 1.165) is 5.56 Å². The van der Waals surface area contributed by atoms with Crippen molar-refractivity contribution in [1.82, 2.24) is 0 Å². The van der Waals surface area contributed by atoms with Crippen LogP contribution in [0.3, 0.4) is 0 Å². The molecule has 0 saturated heterocycles. The van der Waals surface area contributed by atoms with E-state index in [1.165, 1.54) is 6.07 Å². The van der Waals surface area contributed by atoms with Crippen LogP contribution in [-0.4, -0.2) is 0 Å². The first-order valence-electron chi connectivity index (χ1n) is 4.98. The summed E-state index contributed by atoms with van der Waals surface area (Å²) in [4.78, 5) is 0.229. The molecular formula is C11H17FNOS-. The van der Waals surface area contributed by atoms with Crippen molar-refractivity contribution in [2.45, 2.75) is 39.0 Å². The smallest absolute Gasteiger partial charge is 0.125 e. The Kier molecular flexibility index (Phi) is 6.17. The molecule has 0 radical (unpaired) electrons. The van der Waals surface area contributed by atoms with Crippen LogP contribution >= 0.6 is 0 Å². The number of nitrogens with one attached hydrogen (secondary N) is 1. The number of halogens is 1. The second-order valence-electron chi connectivity index (χ2n) is 2.82. The molecule has 0 bridgehead atoms. The van der Waals surface area contributed by atoms with E-state index in [4.69, 9.17) is 4.78 Å². The molecule has 0 atom stereocenters. The molecule has 0 heterocycles. The van der Waals surface area contributed by atoms with Gasteiger partial charge in [0.05, 0.1) is 0 Å². The number of benzene rings is 1. The van der Waals surface area contributed by atoms with Gasteiger partial charge in [-0.15, -0.1) is 0 Å². The Morgan fingerprint density at radius 3 is 2.27 bits per heavy atom. The maximum Gasteiger partial charge on any atom is 0.125 e. The van der Waals surface area contributed by atoms with Crippen molar-refractivity contribution >= 4 is 10.6 Å². The molecule has 0 unspecified atom stereocenters. The van der Waals surface area contributed by atoms with Crippen molar-refractivity contribution in [3.8, 4) is 0 Å². The average Bonchev–Trinajstić information content (AvgIpc) is 2.20. The molecule has 0 aliphatic heterocycles. The zero-order valence-corrected chi connectivity index (χ0v) is 10.4. The average molecular weight is 230 g/mol. The summed E-state index contributed by atoms with van der Waals surface area (Å²) in [5.74, 6) is -0.363. The van der Waals surface area contributed by atoms with Gasteiger partial charge in [-0.1, -0.05) is 31.7 Å². The molecule has 0 aliphatic carbocycles. The summed E-state index contributed by atoms with van der Waals surface area (Å²) in [6.07, 6.45) is 0.614. The topological polar surface area (TPSA) is 40.9 Å². The highest BCUT2D eigenvalue weighted by atomic mass is 32.2. The van der Waals surface area contributed by atoms with Crippen LogP contribution in [0.1, 0.15) is 31.9 Å². The Hall–Kier alpha value is -0.900. The maximum absolute atomic E-state index is 13.3. The van der Waals surface area contributed by atoms with E-state index in [2.05, 4.69) is 0 Å². The van der Waals surface area contributed by atoms with Gasteiger partial charge in [0.1, 0.15) is 5.82 Å². The van der Waals surface area contributed by atoms with Gasteiger partial charge in [-0.2, -0.15) is 10.6 Å². The summed E-state index contributed by atoms with van der Waals surface area (Å²) in [6.45, 7) is 7.63.